The van der Waals surface area contributed by atoms with E-state index in [0.717, 1.165) is 17.8 Å². The lowest BCUT2D eigenvalue weighted by atomic mass is 10.1. The smallest absolute Gasteiger partial charge is 0.274 e. The number of amides is 1. The predicted octanol–water partition coefficient (Wildman–Crippen LogP) is 2.55. The Hall–Kier alpha value is -3.29. The molecule has 1 atom stereocenters. The van der Waals surface area contributed by atoms with E-state index >= 15 is 0 Å². The molecule has 1 aliphatic heterocycles. The van der Waals surface area contributed by atoms with E-state index in [4.69, 9.17) is 4.74 Å². The van der Waals surface area contributed by atoms with Gasteiger partial charge in [0.25, 0.3) is 5.91 Å². The Bertz CT molecular complexity index is 913. The summed E-state index contributed by atoms with van der Waals surface area (Å²) in [6.45, 7) is 1.57. The van der Waals surface area contributed by atoms with Crippen LogP contribution in [0, 0.1) is 5.82 Å². The van der Waals surface area contributed by atoms with Crippen molar-refractivity contribution in [2.75, 3.05) is 13.1 Å². The molecule has 0 aliphatic carbocycles. The van der Waals surface area contributed by atoms with Gasteiger partial charge in [0, 0.05) is 31.4 Å². The number of hydrogen-bond acceptors (Lipinski definition) is 5. The fraction of sp³-hybridized carbons (Fsp3) is 0.263. The highest BCUT2D eigenvalue weighted by Gasteiger charge is 2.30. The zero-order valence-electron chi connectivity index (χ0n) is 14.5. The molecule has 0 unspecified atom stereocenters. The van der Waals surface area contributed by atoms with Crippen molar-refractivity contribution in [3.05, 3.63) is 71.8 Å². The van der Waals surface area contributed by atoms with Crippen molar-refractivity contribution in [2.45, 2.75) is 18.9 Å². The Kier molecular flexibility index (Phi) is 4.78. The molecule has 3 heterocycles. The monoisotopic (exact) mass is 367 g/mol. The molecule has 0 spiro atoms. The van der Waals surface area contributed by atoms with Gasteiger partial charge in [0.05, 0.1) is 17.6 Å². The molecule has 1 amide bonds. The molecule has 27 heavy (non-hydrogen) atoms. The third-order valence-electron chi connectivity index (χ3n) is 4.53. The predicted molar refractivity (Wildman–Crippen MR) is 94.6 cm³/mol. The Morgan fingerprint density at radius 3 is 2.93 bits per heavy atom. The summed E-state index contributed by atoms with van der Waals surface area (Å²) in [6.07, 6.45) is 5.38. The van der Waals surface area contributed by atoms with Gasteiger partial charge in [0.15, 0.2) is 0 Å². The second-order valence-electron chi connectivity index (χ2n) is 6.39. The highest BCUT2D eigenvalue weighted by atomic mass is 19.1. The number of benzene rings is 1. The van der Waals surface area contributed by atoms with Crippen LogP contribution in [0.1, 0.15) is 34.2 Å². The molecule has 1 N–H and O–H groups in total. The zero-order chi connectivity index (χ0) is 18.6. The van der Waals surface area contributed by atoms with Gasteiger partial charge < -0.3 is 9.64 Å². The quantitative estimate of drug-likeness (QED) is 0.749. The number of H-pyrrole nitrogens is 1. The maximum absolute atomic E-state index is 12.9. The Balaban J connectivity index is 1.35. The molecule has 0 bridgehead atoms. The number of nitrogens with one attached hydrogen (secondary N) is 1. The van der Waals surface area contributed by atoms with E-state index in [1.54, 1.807) is 23.2 Å². The Morgan fingerprint density at radius 1 is 1.30 bits per heavy atom. The van der Waals surface area contributed by atoms with E-state index < -0.39 is 0 Å². The van der Waals surface area contributed by atoms with E-state index in [2.05, 4.69) is 20.2 Å². The highest BCUT2D eigenvalue weighted by molar-refractivity contribution is 5.92. The van der Waals surface area contributed by atoms with Gasteiger partial charge in [-0.25, -0.2) is 9.37 Å². The number of aromatic nitrogens is 4. The fourth-order valence-corrected chi connectivity index (χ4v) is 3.11. The average Bonchev–Trinajstić information content (AvgIpc) is 3.37. The summed E-state index contributed by atoms with van der Waals surface area (Å²) in [6, 6.07) is 7.83. The normalized spacial score (nSPS) is 16.5. The van der Waals surface area contributed by atoms with Gasteiger partial charge in [0.1, 0.15) is 23.9 Å². The minimum Gasteiger partial charge on any atom is -0.487 e. The molecule has 0 radical (unpaired) electrons. The van der Waals surface area contributed by atoms with Crippen LogP contribution >= 0.6 is 0 Å². The van der Waals surface area contributed by atoms with Crippen molar-refractivity contribution in [2.24, 2.45) is 0 Å². The van der Waals surface area contributed by atoms with E-state index in [0.29, 0.717) is 31.1 Å². The topological polar surface area (TPSA) is 84.0 Å². The van der Waals surface area contributed by atoms with Crippen LogP contribution in [-0.2, 0) is 6.61 Å². The third kappa shape index (κ3) is 3.94. The molecule has 1 aromatic carbocycles. The molecule has 4 rings (SSSR count). The van der Waals surface area contributed by atoms with Gasteiger partial charge in [-0.1, -0.05) is 0 Å². The van der Waals surface area contributed by atoms with Crippen LogP contribution in [0.4, 0.5) is 4.39 Å². The van der Waals surface area contributed by atoms with Crippen molar-refractivity contribution < 1.29 is 13.9 Å². The first kappa shape index (κ1) is 17.1. The van der Waals surface area contributed by atoms with Crippen molar-refractivity contribution in [1.82, 2.24) is 25.1 Å². The van der Waals surface area contributed by atoms with Crippen molar-refractivity contribution >= 4 is 5.91 Å². The molecule has 138 valence electrons. The molecular weight excluding hydrogens is 349 g/mol. The van der Waals surface area contributed by atoms with Crippen molar-refractivity contribution in [1.29, 1.82) is 0 Å². The minimum absolute atomic E-state index is 0.110. The molecule has 0 saturated carbocycles. The molecule has 3 aromatic rings. The summed E-state index contributed by atoms with van der Waals surface area (Å²) in [5.41, 5.74) is 2.09. The second-order valence-corrected chi connectivity index (χ2v) is 6.39. The first-order chi connectivity index (χ1) is 13.2. The second kappa shape index (κ2) is 7.53. The van der Waals surface area contributed by atoms with E-state index in [9.17, 15) is 9.18 Å². The summed E-state index contributed by atoms with van der Waals surface area (Å²) in [4.78, 5) is 22.3. The summed E-state index contributed by atoms with van der Waals surface area (Å²) < 4.78 is 18.5. The van der Waals surface area contributed by atoms with Gasteiger partial charge in [-0.3, -0.25) is 14.9 Å². The average molecular weight is 367 g/mol. The molecule has 8 heteroatoms. The summed E-state index contributed by atoms with van der Waals surface area (Å²) >= 11 is 0. The number of rotatable bonds is 5. The maximum Gasteiger partial charge on any atom is 0.274 e. The van der Waals surface area contributed by atoms with Crippen molar-refractivity contribution in [3.8, 4) is 5.75 Å². The Morgan fingerprint density at radius 2 is 2.15 bits per heavy atom. The fourth-order valence-electron chi connectivity index (χ4n) is 3.11. The molecule has 2 aromatic heterocycles. The van der Waals surface area contributed by atoms with E-state index in [1.807, 2.05) is 6.07 Å². The van der Waals surface area contributed by atoms with Gasteiger partial charge in [-0.05, 0) is 36.8 Å². The molecule has 7 nitrogen and oxygen atoms in total. The number of carbonyl (C=O) groups is 1. The SMILES string of the molecule is O=C(c1cnccn1)N1CC[C@H](c2cc(COc3ccc(F)cc3)[nH]n2)C1. The van der Waals surface area contributed by atoms with Crippen LogP contribution < -0.4 is 4.74 Å². The van der Waals surface area contributed by atoms with Crippen LogP contribution in [0.3, 0.4) is 0 Å². The number of carbonyl (C=O) groups excluding carboxylic acids is 1. The highest BCUT2D eigenvalue weighted by Crippen LogP contribution is 2.27. The Labute approximate surface area is 155 Å². The van der Waals surface area contributed by atoms with Crippen molar-refractivity contribution in [3.63, 3.8) is 0 Å². The van der Waals surface area contributed by atoms with Gasteiger partial charge in [0.2, 0.25) is 0 Å². The van der Waals surface area contributed by atoms with Crippen LogP contribution in [0.25, 0.3) is 0 Å². The molecule has 1 saturated heterocycles. The van der Waals surface area contributed by atoms with Crippen LogP contribution in [-0.4, -0.2) is 44.1 Å². The largest absolute Gasteiger partial charge is 0.487 e. The lowest BCUT2D eigenvalue weighted by molar-refractivity contribution is 0.0784. The number of halogens is 1. The molecular formula is C19H18FN5O2. The van der Waals surface area contributed by atoms with Crippen LogP contribution in [0.5, 0.6) is 5.75 Å². The summed E-state index contributed by atoms with van der Waals surface area (Å²) in [5.74, 6) is 0.351. The van der Waals surface area contributed by atoms with Gasteiger partial charge in [-0.15, -0.1) is 0 Å². The number of nitrogens with zero attached hydrogens (tertiary/aromatic N) is 4. The first-order valence-corrected chi connectivity index (χ1v) is 8.67. The lowest BCUT2D eigenvalue weighted by Crippen LogP contribution is -2.29. The summed E-state index contributed by atoms with van der Waals surface area (Å²) in [7, 11) is 0. The van der Waals surface area contributed by atoms with Crippen LogP contribution in [0.2, 0.25) is 0 Å². The van der Waals surface area contributed by atoms with Gasteiger partial charge in [-0.2, -0.15) is 5.10 Å². The molecule has 1 aliphatic rings. The lowest BCUT2D eigenvalue weighted by Gasteiger charge is -2.15. The van der Waals surface area contributed by atoms with Gasteiger partial charge >= 0.3 is 0 Å². The zero-order valence-corrected chi connectivity index (χ0v) is 14.5. The minimum atomic E-state index is -0.298. The third-order valence-corrected chi connectivity index (χ3v) is 4.53. The first-order valence-electron chi connectivity index (χ1n) is 8.67. The number of aromatic amines is 1. The number of likely N-dealkylation sites (tertiary alicyclic amines) is 1. The summed E-state index contributed by atoms with van der Waals surface area (Å²) in [5, 5.41) is 7.33. The number of ether oxygens (including phenoxy) is 1. The van der Waals surface area contributed by atoms with E-state index in [1.165, 1.54) is 24.5 Å². The van der Waals surface area contributed by atoms with E-state index in [-0.39, 0.29) is 17.6 Å². The standard InChI is InChI=1S/C19H18FN5O2/c20-14-1-3-16(4-2-14)27-12-15-9-17(24-23-15)13-5-8-25(11-13)19(26)18-10-21-6-7-22-18/h1-4,6-7,9-10,13H,5,8,11-12H2,(H,23,24)/t13-/m0/s1. The maximum atomic E-state index is 12.9. The molecule has 1 fully saturated rings. The van der Waals surface area contributed by atoms with Crippen LogP contribution in [0.15, 0.2) is 48.9 Å². The number of hydrogen-bond donors (Lipinski definition) is 1.